The number of hydrogen-bond donors (Lipinski definition) is 1. The van der Waals surface area contributed by atoms with E-state index in [-0.39, 0.29) is 35.2 Å². The van der Waals surface area contributed by atoms with Crippen LogP contribution < -0.4 is 5.32 Å². The smallest absolute Gasteiger partial charge is 0.261 e. The number of piperidine rings is 1. The van der Waals surface area contributed by atoms with Crippen molar-refractivity contribution in [3.8, 4) is 0 Å². The highest BCUT2D eigenvalue weighted by Crippen LogP contribution is 2.33. The third kappa shape index (κ3) is 4.87. The Labute approximate surface area is 197 Å². The summed E-state index contributed by atoms with van der Waals surface area (Å²) < 4.78 is 28.7. The van der Waals surface area contributed by atoms with Crippen molar-refractivity contribution in [1.29, 1.82) is 0 Å². The van der Waals surface area contributed by atoms with Gasteiger partial charge in [0.1, 0.15) is 11.6 Å². The predicted molar refractivity (Wildman–Crippen MR) is 125 cm³/mol. The molecule has 8 heteroatoms. The van der Waals surface area contributed by atoms with Gasteiger partial charge in [0.2, 0.25) is 5.91 Å². The molecule has 2 heterocycles. The van der Waals surface area contributed by atoms with Crippen LogP contribution in [0.4, 0.5) is 14.5 Å². The summed E-state index contributed by atoms with van der Waals surface area (Å²) in [6.07, 6.45) is 2.06. The summed E-state index contributed by atoms with van der Waals surface area (Å²) in [5.41, 5.74) is 1.35. The minimum absolute atomic E-state index is 0.0125. The van der Waals surface area contributed by atoms with Crippen molar-refractivity contribution >= 4 is 23.4 Å². The fourth-order valence-corrected chi connectivity index (χ4v) is 4.61. The Hall–Kier alpha value is -3.13. The van der Waals surface area contributed by atoms with Gasteiger partial charge in [0, 0.05) is 18.5 Å². The average molecular weight is 470 g/mol. The quantitative estimate of drug-likeness (QED) is 0.610. The lowest BCUT2D eigenvalue weighted by Gasteiger charge is -2.32. The molecule has 2 aliphatic heterocycles. The number of carbonyl (C=O) groups is 3. The molecule has 0 bridgehead atoms. The molecule has 1 N–H and O–H groups in total. The number of halogens is 2. The summed E-state index contributed by atoms with van der Waals surface area (Å²) in [7, 11) is 0. The van der Waals surface area contributed by atoms with E-state index in [0.29, 0.717) is 42.5 Å². The molecule has 4 rings (SSSR count). The fraction of sp³-hybridized carbons (Fsp3) is 0.423. The van der Waals surface area contributed by atoms with Crippen LogP contribution >= 0.6 is 0 Å². The normalized spacial score (nSPS) is 16.9. The molecule has 0 saturated carbocycles. The van der Waals surface area contributed by atoms with E-state index in [9.17, 15) is 23.2 Å². The van der Waals surface area contributed by atoms with Crippen LogP contribution in [0.25, 0.3) is 0 Å². The monoisotopic (exact) mass is 469 g/mol. The minimum Gasteiger partial charge on any atom is -0.323 e. The van der Waals surface area contributed by atoms with Gasteiger partial charge in [0.25, 0.3) is 11.8 Å². The number of likely N-dealkylation sites (tertiary alicyclic amines) is 1. The maximum atomic E-state index is 14.5. The van der Waals surface area contributed by atoms with Gasteiger partial charge in [-0.3, -0.25) is 19.3 Å². The van der Waals surface area contributed by atoms with E-state index in [1.54, 1.807) is 38.1 Å². The SMILES string of the molecule is CC(C)C(=O)Nc1cc(C2CCN(CCCN3C(=O)c4ccccc4C3=O)CC2)c(F)cc1F. The Morgan fingerprint density at radius 2 is 1.62 bits per heavy atom. The van der Waals surface area contributed by atoms with Crippen molar-refractivity contribution in [2.45, 2.75) is 39.0 Å². The number of nitrogens with one attached hydrogen (secondary N) is 1. The van der Waals surface area contributed by atoms with Gasteiger partial charge in [-0.2, -0.15) is 0 Å². The molecule has 2 aromatic rings. The molecular formula is C26H29F2N3O3. The minimum atomic E-state index is -0.777. The van der Waals surface area contributed by atoms with Crippen molar-refractivity contribution in [1.82, 2.24) is 9.80 Å². The first-order valence-corrected chi connectivity index (χ1v) is 11.7. The van der Waals surface area contributed by atoms with Crippen LogP contribution in [0.5, 0.6) is 0 Å². The second-order valence-corrected chi connectivity index (χ2v) is 9.27. The van der Waals surface area contributed by atoms with Crippen LogP contribution in [-0.4, -0.2) is 53.7 Å². The van der Waals surface area contributed by atoms with Gasteiger partial charge in [0.15, 0.2) is 0 Å². The lowest BCUT2D eigenvalue weighted by atomic mass is 9.88. The Balaban J connectivity index is 1.30. The summed E-state index contributed by atoms with van der Waals surface area (Å²) in [6, 6.07) is 9.13. The molecule has 180 valence electrons. The van der Waals surface area contributed by atoms with Crippen LogP contribution in [0, 0.1) is 17.6 Å². The molecule has 34 heavy (non-hydrogen) atoms. The van der Waals surface area contributed by atoms with Crippen molar-refractivity contribution in [3.05, 3.63) is 64.7 Å². The molecule has 3 amide bonds. The number of fused-ring (bicyclic) bond motifs is 1. The Kier molecular flexibility index (Phi) is 7.07. The first-order chi connectivity index (χ1) is 16.3. The molecule has 0 spiro atoms. The maximum absolute atomic E-state index is 14.5. The summed E-state index contributed by atoms with van der Waals surface area (Å²) >= 11 is 0. The van der Waals surface area contributed by atoms with E-state index in [4.69, 9.17) is 0 Å². The topological polar surface area (TPSA) is 69.7 Å². The molecule has 0 unspecified atom stereocenters. The molecule has 0 aliphatic carbocycles. The van der Waals surface area contributed by atoms with Gasteiger partial charge in [-0.05, 0) is 68.6 Å². The third-order valence-corrected chi connectivity index (χ3v) is 6.63. The largest absolute Gasteiger partial charge is 0.323 e. The lowest BCUT2D eigenvalue weighted by molar-refractivity contribution is -0.118. The maximum Gasteiger partial charge on any atom is 0.261 e. The zero-order valence-electron chi connectivity index (χ0n) is 19.4. The molecule has 2 aliphatic rings. The van der Waals surface area contributed by atoms with Crippen molar-refractivity contribution in [3.63, 3.8) is 0 Å². The first kappa shape index (κ1) is 24.0. The second kappa shape index (κ2) is 10.0. The van der Waals surface area contributed by atoms with Crippen LogP contribution in [-0.2, 0) is 4.79 Å². The molecule has 6 nitrogen and oxygen atoms in total. The van der Waals surface area contributed by atoms with Crippen molar-refractivity contribution in [2.24, 2.45) is 5.92 Å². The van der Waals surface area contributed by atoms with Gasteiger partial charge in [-0.1, -0.05) is 26.0 Å². The van der Waals surface area contributed by atoms with Crippen LogP contribution in [0.3, 0.4) is 0 Å². The highest BCUT2D eigenvalue weighted by atomic mass is 19.1. The van der Waals surface area contributed by atoms with Gasteiger partial charge >= 0.3 is 0 Å². The third-order valence-electron chi connectivity index (χ3n) is 6.63. The summed E-state index contributed by atoms with van der Waals surface area (Å²) in [6.45, 7) is 5.97. The Morgan fingerprint density at radius 3 is 2.21 bits per heavy atom. The number of carbonyl (C=O) groups excluding carboxylic acids is 3. The molecule has 0 atom stereocenters. The van der Waals surface area contributed by atoms with Crippen LogP contribution in [0.1, 0.15) is 65.3 Å². The standard InChI is InChI=1S/C26H29F2N3O3/c1-16(2)24(32)29-23-14-20(21(27)15-22(23)28)17-8-12-30(13-9-17)10-5-11-31-25(33)18-6-3-4-7-19(18)26(31)34/h3-4,6-7,14-17H,5,8-13H2,1-2H3,(H,29,32). The van der Waals surface area contributed by atoms with Gasteiger partial charge < -0.3 is 10.2 Å². The van der Waals surface area contributed by atoms with E-state index in [2.05, 4.69) is 10.2 Å². The molecule has 0 radical (unpaired) electrons. The first-order valence-electron chi connectivity index (χ1n) is 11.7. The number of nitrogens with zero attached hydrogens (tertiary/aromatic N) is 2. The molecule has 0 aromatic heterocycles. The second-order valence-electron chi connectivity index (χ2n) is 9.27. The number of anilines is 1. The highest BCUT2D eigenvalue weighted by Gasteiger charge is 2.34. The van der Waals surface area contributed by atoms with Gasteiger partial charge in [0.05, 0.1) is 16.8 Å². The number of benzene rings is 2. The highest BCUT2D eigenvalue weighted by molar-refractivity contribution is 6.21. The van der Waals surface area contributed by atoms with Crippen LogP contribution in [0.2, 0.25) is 0 Å². The van der Waals surface area contributed by atoms with E-state index < -0.39 is 11.6 Å². The summed E-state index contributed by atoms with van der Waals surface area (Å²) in [5.74, 6) is -2.55. The molecular weight excluding hydrogens is 440 g/mol. The lowest BCUT2D eigenvalue weighted by Crippen LogP contribution is -2.37. The number of amides is 3. The zero-order chi connectivity index (χ0) is 24.4. The zero-order valence-corrected chi connectivity index (χ0v) is 19.4. The van der Waals surface area contributed by atoms with Crippen LogP contribution in [0.15, 0.2) is 36.4 Å². The molecule has 1 saturated heterocycles. The van der Waals surface area contributed by atoms with Crippen molar-refractivity contribution < 1.29 is 23.2 Å². The Morgan fingerprint density at radius 1 is 1.00 bits per heavy atom. The fourth-order valence-electron chi connectivity index (χ4n) is 4.61. The van der Waals surface area contributed by atoms with Gasteiger partial charge in [-0.25, -0.2) is 8.78 Å². The van der Waals surface area contributed by atoms with Crippen molar-refractivity contribution in [2.75, 3.05) is 31.5 Å². The van der Waals surface area contributed by atoms with Gasteiger partial charge in [-0.15, -0.1) is 0 Å². The molecule has 1 fully saturated rings. The van der Waals surface area contributed by atoms with E-state index >= 15 is 0 Å². The molecule has 2 aromatic carbocycles. The van der Waals surface area contributed by atoms with E-state index in [0.717, 1.165) is 25.7 Å². The Bertz CT molecular complexity index is 1080. The number of hydrogen-bond acceptors (Lipinski definition) is 4. The summed E-state index contributed by atoms with van der Waals surface area (Å²) in [4.78, 5) is 40.5. The number of imide groups is 1. The summed E-state index contributed by atoms with van der Waals surface area (Å²) in [5, 5.41) is 2.54. The van der Waals surface area contributed by atoms with E-state index in [1.165, 1.54) is 11.0 Å². The number of rotatable bonds is 7. The van der Waals surface area contributed by atoms with E-state index in [1.807, 2.05) is 0 Å². The predicted octanol–water partition coefficient (Wildman–Crippen LogP) is 4.43. The average Bonchev–Trinajstić information content (AvgIpc) is 3.06.